The van der Waals surface area contributed by atoms with Crippen LogP contribution in [0.1, 0.15) is 42.5 Å². The number of aryl methyl sites for hydroxylation is 1. The Morgan fingerprint density at radius 1 is 1.12 bits per heavy atom. The lowest BCUT2D eigenvalue weighted by atomic mass is 10.1. The summed E-state index contributed by atoms with van der Waals surface area (Å²) in [7, 11) is 0. The van der Waals surface area contributed by atoms with Gasteiger partial charge in [-0.05, 0) is 52.8 Å². The number of benzene rings is 1. The van der Waals surface area contributed by atoms with E-state index in [9.17, 15) is 4.79 Å². The van der Waals surface area contributed by atoms with Gasteiger partial charge in [-0.3, -0.25) is 4.79 Å². The Morgan fingerprint density at radius 2 is 1.80 bits per heavy atom. The van der Waals surface area contributed by atoms with Gasteiger partial charge in [0.05, 0.1) is 6.54 Å². The fourth-order valence-electron chi connectivity index (χ4n) is 3.51. The molecule has 1 aliphatic heterocycles. The second-order valence-electron chi connectivity index (χ2n) is 7.43. The quantitative estimate of drug-likeness (QED) is 0.856. The lowest BCUT2D eigenvalue weighted by Crippen LogP contribution is -2.24. The van der Waals surface area contributed by atoms with E-state index in [-0.39, 0.29) is 17.9 Å². The predicted octanol–water partition coefficient (Wildman–Crippen LogP) is 3.93. The Kier molecular flexibility index (Phi) is 4.50. The van der Waals surface area contributed by atoms with Gasteiger partial charge in [0.2, 0.25) is 0 Å². The summed E-state index contributed by atoms with van der Waals surface area (Å²) >= 11 is 0. The molecule has 2 heterocycles. The van der Waals surface area contributed by atoms with E-state index < -0.39 is 0 Å². The van der Waals surface area contributed by atoms with Crippen LogP contribution in [0.5, 0.6) is 11.5 Å². The minimum absolute atomic E-state index is 0.0457. The predicted molar refractivity (Wildman–Crippen MR) is 99.2 cm³/mol. The van der Waals surface area contributed by atoms with Crippen molar-refractivity contribution in [3.8, 4) is 11.5 Å². The summed E-state index contributed by atoms with van der Waals surface area (Å²) in [5, 5.41) is 3.19. The minimum Gasteiger partial charge on any atom is -0.486 e. The number of Topliss-reactive ketones (excluding diaryl/α,β-unsaturated/α-hetero) is 1. The topological polar surface area (TPSA) is 52.5 Å². The third-order valence-corrected chi connectivity index (χ3v) is 4.40. The zero-order chi connectivity index (χ0) is 18.2. The first-order chi connectivity index (χ1) is 11.8. The molecule has 0 atom stereocenters. The Morgan fingerprint density at radius 3 is 2.44 bits per heavy atom. The van der Waals surface area contributed by atoms with E-state index in [1.54, 1.807) is 0 Å². The molecule has 2 aromatic rings. The van der Waals surface area contributed by atoms with Crippen LogP contribution < -0.4 is 14.8 Å². The van der Waals surface area contributed by atoms with E-state index >= 15 is 0 Å². The number of rotatable bonds is 4. The molecule has 0 saturated carbocycles. The van der Waals surface area contributed by atoms with Gasteiger partial charge in [0, 0.05) is 34.2 Å². The highest BCUT2D eigenvalue weighted by atomic mass is 16.6. The molecule has 25 heavy (non-hydrogen) atoms. The molecule has 0 bridgehead atoms. The van der Waals surface area contributed by atoms with Crippen molar-refractivity contribution < 1.29 is 14.3 Å². The zero-order valence-electron chi connectivity index (χ0n) is 15.6. The van der Waals surface area contributed by atoms with E-state index in [1.165, 1.54) is 0 Å². The van der Waals surface area contributed by atoms with Crippen LogP contribution in [0.2, 0.25) is 0 Å². The van der Waals surface area contributed by atoms with Gasteiger partial charge in [-0.25, -0.2) is 0 Å². The Balaban J connectivity index is 1.73. The van der Waals surface area contributed by atoms with Crippen LogP contribution in [0.25, 0.3) is 0 Å². The first-order valence-electron chi connectivity index (χ1n) is 8.63. The molecule has 0 spiro atoms. The first-order valence-corrected chi connectivity index (χ1v) is 8.63. The summed E-state index contributed by atoms with van der Waals surface area (Å²) in [6.45, 7) is 11.9. The van der Waals surface area contributed by atoms with Gasteiger partial charge in [0.25, 0.3) is 0 Å². The largest absolute Gasteiger partial charge is 0.486 e. The molecule has 0 fully saturated rings. The molecule has 3 rings (SSSR count). The van der Waals surface area contributed by atoms with Gasteiger partial charge >= 0.3 is 0 Å². The number of ketones is 1. The summed E-state index contributed by atoms with van der Waals surface area (Å²) in [5.41, 5.74) is 3.70. The van der Waals surface area contributed by atoms with Gasteiger partial charge in [-0.15, -0.1) is 0 Å². The molecular weight excluding hydrogens is 316 g/mol. The Hall–Kier alpha value is -2.43. The zero-order valence-corrected chi connectivity index (χ0v) is 15.6. The van der Waals surface area contributed by atoms with E-state index in [0.29, 0.717) is 13.2 Å². The van der Waals surface area contributed by atoms with Gasteiger partial charge in [0.1, 0.15) is 13.2 Å². The van der Waals surface area contributed by atoms with E-state index in [2.05, 4.69) is 30.7 Å². The van der Waals surface area contributed by atoms with Crippen molar-refractivity contribution in [2.45, 2.75) is 40.2 Å². The maximum Gasteiger partial charge on any atom is 0.183 e. The van der Waals surface area contributed by atoms with Crippen molar-refractivity contribution >= 4 is 11.5 Å². The number of fused-ring (bicyclic) bond motifs is 1. The molecule has 134 valence electrons. The van der Waals surface area contributed by atoms with Gasteiger partial charge in [-0.2, -0.15) is 0 Å². The fraction of sp³-hybridized carbons (Fsp3) is 0.450. The van der Waals surface area contributed by atoms with Gasteiger partial charge in [-0.1, -0.05) is 0 Å². The van der Waals surface area contributed by atoms with Gasteiger partial charge in [0.15, 0.2) is 17.3 Å². The highest BCUT2D eigenvalue weighted by Crippen LogP contribution is 2.32. The SMILES string of the molecule is Cc1cc(C(=O)CNc2ccc3c(c2)OCCO3)c(C)n1C(C)(C)C. The monoisotopic (exact) mass is 342 g/mol. The molecule has 0 aliphatic carbocycles. The second-order valence-corrected chi connectivity index (χ2v) is 7.43. The highest BCUT2D eigenvalue weighted by Gasteiger charge is 2.22. The molecule has 1 aromatic carbocycles. The van der Waals surface area contributed by atoms with Crippen molar-refractivity contribution in [2.75, 3.05) is 25.1 Å². The minimum atomic E-state index is -0.0457. The summed E-state index contributed by atoms with van der Waals surface area (Å²) in [6, 6.07) is 7.63. The van der Waals surface area contributed by atoms with Crippen molar-refractivity contribution in [2.24, 2.45) is 0 Å². The number of nitrogens with one attached hydrogen (secondary N) is 1. The third-order valence-electron chi connectivity index (χ3n) is 4.40. The third kappa shape index (κ3) is 3.50. The normalized spacial score (nSPS) is 13.6. The molecule has 0 unspecified atom stereocenters. The molecule has 5 nitrogen and oxygen atoms in total. The van der Waals surface area contributed by atoms with E-state index in [1.807, 2.05) is 38.1 Å². The number of carbonyl (C=O) groups is 1. The second kappa shape index (κ2) is 6.47. The van der Waals surface area contributed by atoms with Crippen LogP contribution in [0.4, 0.5) is 5.69 Å². The number of hydrogen-bond acceptors (Lipinski definition) is 4. The van der Waals surface area contributed by atoms with Crippen LogP contribution in [0, 0.1) is 13.8 Å². The van der Waals surface area contributed by atoms with Crippen LogP contribution in [0.3, 0.4) is 0 Å². The summed E-state index contributed by atoms with van der Waals surface area (Å²) in [4.78, 5) is 12.7. The maximum absolute atomic E-state index is 12.7. The standard InChI is InChI=1S/C20H26N2O3/c1-13-10-16(14(2)22(13)20(3,4)5)17(23)12-21-15-6-7-18-19(11-15)25-9-8-24-18/h6-7,10-11,21H,8-9,12H2,1-5H3. The number of aromatic nitrogens is 1. The van der Waals surface area contributed by atoms with Crippen LogP contribution in [-0.4, -0.2) is 30.1 Å². The van der Waals surface area contributed by atoms with Gasteiger partial charge < -0.3 is 19.4 Å². The molecule has 0 saturated heterocycles. The average molecular weight is 342 g/mol. The van der Waals surface area contributed by atoms with Crippen LogP contribution in [-0.2, 0) is 5.54 Å². The highest BCUT2D eigenvalue weighted by molar-refractivity contribution is 6.00. The Labute approximate surface area is 148 Å². The molecule has 0 radical (unpaired) electrons. The average Bonchev–Trinajstić information content (AvgIpc) is 2.87. The number of hydrogen-bond donors (Lipinski definition) is 1. The van der Waals surface area contributed by atoms with Crippen LogP contribution in [0.15, 0.2) is 24.3 Å². The van der Waals surface area contributed by atoms with Crippen LogP contribution >= 0.6 is 0 Å². The molecule has 1 N–H and O–H groups in total. The summed E-state index contributed by atoms with van der Waals surface area (Å²) in [5.74, 6) is 1.55. The first kappa shape index (κ1) is 17.4. The summed E-state index contributed by atoms with van der Waals surface area (Å²) in [6.07, 6.45) is 0. The molecule has 5 heteroatoms. The van der Waals surface area contributed by atoms with Crippen molar-refractivity contribution in [3.63, 3.8) is 0 Å². The molecular formula is C20H26N2O3. The van der Waals surface area contributed by atoms with E-state index in [0.717, 1.165) is 34.1 Å². The van der Waals surface area contributed by atoms with Crippen molar-refractivity contribution in [3.05, 3.63) is 41.2 Å². The van der Waals surface area contributed by atoms with Crippen molar-refractivity contribution in [1.82, 2.24) is 4.57 Å². The van der Waals surface area contributed by atoms with E-state index in [4.69, 9.17) is 9.47 Å². The lowest BCUT2D eigenvalue weighted by Gasteiger charge is -2.25. The fourth-order valence-corrected chi connectivity index (χ4v) is 3.51. The lowest BCUT2D eigenvalue weighted by molar-refractivity contribution is 0.100. The maximum atomic E-state index is 12.7. The molecule has 0 amide bonds. The smallest absolute Gasteiger partial charge is 0.183 e. The number of ether oxygens (including phenoxy) is 2. The number of anilines is 1. The Bertz CT molecular complexity index is 800. The molecule has 1 aliphatic rings. The number of nitrogens with zero attached hydrogens (tertiary/aromatic N) is 1. The number of carbonyl (C=O) groups excluding carboxylic acids is 1. The van der Waals surface area contributed by atoms with Crippen molar-refractivity contribution in [1.29, 1.82) is 0 Å². The molecule has 1 aromatic heterocycles. The summed E-state index contributed by atoms with van der Waals surface area (Å²) < 4.78 is 13.3.